The monoisotopic (exact) mass is 495 g/mol. The minimum absolute atomic E-state index is 0.206. The number of carbonyl (C=O) groups is 1. The Hall–Kier alpha value is -3.09. The highest BCUT2D eigenvalue weighted by Crippen LogP contribution is 2.24. The van der Waals surface area contributed by atoms with Crippen LogP contribution >= 0.6 is 27.5 Å². The topological polar surface area (TPSA) is 56.2 Å². The van der Waals surface area contributed by atoms with Gasteiger partial charge in [-0.1, -0.05) is 63.9 Å². The molecule has 0 bridgehead atoms. The second kappa shape index (κ2) is 9.81. The fraction of sp³-hybridized carbons (Fsp3) is 0.0833. The SMILES string of the molecule is O=C(Nc1cnn(Cc2ccc(Br)cc2)c1)c1cccc(COc2ccccc2Cl)c1. The van der Waals surface area contributed by atoms with E-state index in [1.165, 1.54) is 0 Å². The van der Waals surface area contributed by atoms with Gasteiger partial charge in [0.25, 0.3) is 5.91 Å². The molecule has 0 aliphatic heterocycles. The van der Waals surface area contributed by atoms with Gasteiger partial charge in [0.15, 0.2) is 0 Å². The second-order valence-corrected chi connectivity index (χ2v) is 8.25. The predicted molar refractivity (Wildman–Crippen MR) is 126 cm³/mol. The maximum Gasteiger partial charge on any atom is 0.255 e. The van der Waals surface area contributed by atoms with Gasteiger partial charge < -0.3 is 10.1 Å². The molecule has 0 atom stereocenters. The number of hydrogen-bond acceptors (Lipinski definition) is 3. The van der Waals surface area contributed by atoms with Crippen molar-refractivity contribution in [1.82, 2.24) is 9.78 Å². The van der Waals surface area contributed by atoms with Gasteiger partial charge in [-0.05, 0) is 47.5 Å². The Kier molecular flexibility index (Phi) is 6.70. The van der Waals surface area contributed by atoms with Gasteiger partial charge in [-0.25, -0.2) is 0 Å². The zero-order chi connectivity index (χ0) is 21.6. The van der Waals surface area contributed by atoms with Crippen molar-refractivity contribution in [3.05, 3.63) is 111 Å². The molecule has 0 aliphatic rings. The van der Waals surface area contributed by atoms with Crippen LogP contribution < -0.4 is 10.1 Å². The van der Waals surface area contributed by atoms with Crippen LogP contribution in [0.25, 0.3) is 0 Å². The first-order valence-corrected chi connectivity index (χ1v) is 10.8. The Balaban J connectivity index is 1.37. The lowest BCUT2D eigenvalue weighted by atomic mass is 10.1. The first-order valence-electron chi connectivity index (χ1n) is 9.61. The van der Waals surface area contributed by atoms with Gasteiger partial charge in [0, 0.05) is 16.2 Å². The molecule has 7 heteroatoms. The third-order valence-corrected chi connectivity index (χ3v) is 5.41. The molecule has 31 heavy (non-hydrogen) atoms. The van der Waals surface area contributed by atoms with E-state index < -0.39 is 0 Å². The molecule has 0 unspecified atom stereocenters. The summed E-state index contributed by atoms with van der Waals surface area (Å²) in [4.78, 5) is 12.7. The average Bonchev–Trinajstić information content (AvgIpc) is 3.21. The maximum absolute atomic E-state index is 12.7. The number of aromatic nitrogens is 2. The average molecular weight is 497 g/mol. The van der Waals surface area contributed by atoms with Crippen LogP contribution in [-0.4, -0.2) is 15.7 Å². The lowest BCUT2D eigenvalue weighted by molar-refractivity contribution is 0.102. The summed E-state index contributed by atoms with van der Waals surface area (Å²) in [5.41, 5.74) is 3.18. The van der Waals surface area contributed by atoms with Gasteiger partial charge in [0.1, 0.15) is 12.4 Å². The molecular weight excluding hydrogens is 478 g/mol. The lowest BCUT2D eigenvalue weighted by Gasteiger charge is -2.09. The van der Waals surface area contributed by atoms with Crippen LogP contribution in [0.4, 0.5) is 5.69 Å². The zero-order valence-electron chi connectivity index (χ0n) is 16.5. The van der Waals surface area contributed by atoms with Crippen LogP contribution in [0, 0.1) is 0 Å². The van der Waals surface area contributed by atoms with Crippen molar-refractivity contribution in [1.29, 1.82) is 0 Å². The number of rotatable bonds is 7. The van der Waals surface area contributed by atoms with E-state index in [0.29, 0.717) is 35.2 Å². The standard InChI is InChI=1S/C24H19BrClN3O2/c25-20-10-8-17(9-11-20)14-29-15-21(13-27-29)28-24(30)19-5-3-4-18(12-19)16-31-23-7-2-1-6-22(23)26/h1-13,15H,14,16H2,(H,28,30). The van der Waals surface area contributed by atoms with Crippen molar-refractivity contribution in [2.24, 2.45) is 0 Å². The van der Waals surface area contributed by atoms with E-state index in [0.717, 1.165) is 15.6 Å². The number of amides is 1. The molecular formula is C24H19BrClN3O2. The number of nitrogens with one attached hydrogen (secondary N) is 1. The van der Waals surface area contributed by atoms with Crippen LogP contribution in [0.15, 0.2) is 89.7 Å². The first kappa shape index (κ1) is 21.2. The Labute approximate surface area is 193 Å². The van der Waals surface area contributed by atoms with E-state index in [9.17, 15) is 4.79 Å². The van der Waals surface area contributed by atoms with E-state index >= 15 is 0 Å². The Morgan fingerprint density at radius 3 is 2.65 bits per heavy atom. The lowest BCUT2D eigenvalue weighted by Crippen LogP contribution is -2.12. The van der Waals surface area contributed by atoms with Gasteiger partial charge in [-0.2, -0.15) is 5.10 Å². The van der Waals surface area contributed by atoms with Crippen LogP contribution in [-0.2, 0) is 13.2 Å². The van der Waals surface area contributed by atoms with Crippen molar-refractivity contribution in [3.8, 4) is 5.75 Å². The van der Waals surface area contributed by atoms with E-state index in [4.69, 9.17) is 16.3 Å². The smallest absolute Gasteiger partial charge is 0.255 e. The maximum atomic E-state index is 12.7. The number of halogens is 2. The summed E-state index contributed by atoms with van der Waals surface area (Å²) in [6.07, 6.45) is 3.45. The van der Waals surface area contributed by atoms with Crippen LogP contribution in [0.3, 0.4) is 0 Å². The van der Waals surface area contributed by atoms with Crippen molar-refractivity contribution < 1.29 is 9.53 Å². The molecule has 3 aromatic carbocycles. The summed E-state index contributed by atoms with van der Waals surface area (Å²) in [6, 6.07) is 22.6. The molecule has 4 aromatic rings. The number of para-hydroxylation sites is 1. The van der Waals surface area contributed by atoms with Crippen LogP contribution in [0.5, 0.6) is 5.75 Å². The van der Waals surface area contributed by atoms with E-state index in [1.807, 2.05) is 60.8 Å². The highest BCUT2D eigenvalue weighted by atomic mass is 79.9. The van der Waals surface area contributed by atoms with Gasteiger partial charge in [0.05, 0.1) is 23.5 Å². The van der Waals surface area contributed by atoms with E-state index in [1.54, 1.807) is 29.1 Å². The third-order valence-electron chi connectivity index (χ3n) is 4.57. The second-order valence-electron chi connectivity index (χ2n) is 6.93. The van der Waals surface area contributed by atoms with Crippen molar-refractivity contribution >= 4 is 39.1 Å². The molecule has 4 rings (SSSR count). The minimum atomic E-state index is -0.206. The number of nitrogens with zero attached hydrogens (tertiary/aromatic N) is 2. The molecule has 1 aromatic heterocycles. The molecule has 0 saturated carbocycles. The Bertz CT molecular complexity index is 1190. The highest BCUT2D eigenvalue weighted by molar-refractivity contribution is 9.10. The number of ether oxygens (including phenoxy) is 1. The molecule has 0 spiro atoms. The first-order chi connectivity index (χ1) is 15.1. The summed E-state index contributed by atoms with van der Waals surface area (Å²) < 4.78 is 8.58. The minimum Gasteiger partial charge on any atom is -0.487 e. The number of hydrogen-bond donors (Lipinski definition) is 1. The molecule has 1 amide bonds. The molecule has 1 N–H and O–H groups in total. The molecule has 156 valence electrons. The summed E-state index contributed by atoms with van der Waals surface area (Å²) in [5, 5.41) is 7.77. The Morgan fingerprint density at radius 1 is 1.03 bits per heavy atom. The molecule has 1 heterocycles. The predicted octanol–water partition coefficient (Wildman–Crippen LogP) is 6.18. The van der Waals surface area contributed by atoms with Crippen molar-refractivity contribution in [2.45, 2.75) is 13.2 Å². The normalized spacial score (nSPS) is 10.6. The number of benzene rings is 3. The fourth-order valence-electron chi connectivity index (χ4n) is 3.02. The van der Waals surface area contributed by atoms with Crippen LogP contribution in [0.1, 0.15) is 21.5 Å². The molecule has 0 fully saturated rings. The fourth-order valence-corrected chi connectivity index (χ4v) is 3.47. The molecule has 5 nitrogen and oxygen atoms in total. The molecule has 0 aliphatic carbocycles. The van der Waals surface area contributed by atoms with Gasteiger partial charge in [-0.3, -0.25) is 9.48 Å². The van der Waals surface area contributed by atoms with Crippen LogP contribution in [0.2, 0.25) is 5.02 Å². The van der Waals surface area contributed by atoms with Gasteiger partial charge >= 0.3 is 0 Å². The zero-order valence-corrected chi connectivity index (χ0v) is 18.8. The molecule has 0 saturated heterocycles. The summed E-state index contributed by atoms with van der Waals surface area (Å²) >= 11 is 9.55. The third kappa shape index (κ3) is 5.75. The molecule has 0 radical (unpaired) electrons. The van der Waals surface area contributed by atoms with Crippen molar-refractivity contribution in [3.63, 3.8) is 0 Å². The summed E-state index contributed by atoms with van der Waals surface area (Å²) in [6.45, 7) is 0.938. The van der Waals surface area contributed by atoms with Gasteiger partial charge in [-0.15, -0.1) is 0 Å². The quantitative estimate of drug-likeness (QED) is 0.332. The highest BCUT2D eigenvalue weighted by Gasteiger charge is 2.09. The van der Waals surface area contributed by atoms with E-state index in [2.05, 4.69) is 26.3 Å². The van der Waals surface area contributed by atoms with Crippen molar-refractivity contribution in [2.75, 3.05) is 5.32 Å². The summed E-state index contributed by atoms with van der Waals surface area (Å²) in [5.74, 6) is 0.403. The number of carbonyl (C=O) groups excluding carboxylic acids is 1. The van der Waals surface area contributed by atoms with Gasteiger partial charge in [0.2, 0.25) is 0 Å². The summed E-state index contributed by atoms with van der Waals surface area (Å²) in [7, 11) is 0. The van der Waals surface area contributed by atoms with E-state index in [-0.39, 0.29) is 5.91 Å². The largest absolute Gasteiger partial charge is 0.487 e. The number of anilines is 1. The Morgan fingerprint density at radius 2 is 1.84 bits per heavy atom.